The Morgan fingerprint density at radius 2 is 1.91 bits per heavy atom. The molecule has 1 N–H and O–H groups in total. The van der Waals surface area contributed by atoms with E-state index in [1.165, 1.54) is 4.88 Å². The van der Waals surface area contributed by atoms with Gasteiger partial charge in [-0.15, -0.1) is 11.3 Å². The number of hydrogen-bond acceptors (Lipinski definition) is 6. The van der Waals surface area contributed by atoms with Crippen molar-refractivity contribution in [3.05, 3.63) is 29.2 Å². The van der Waals surface area contributed by atoms with Gasteiger partial charge in [-0.1, -0.05) is 0 Å². The van der Waals surface area contributed by atoms with E-state index in [0.717, 1.165) is 42.6 Å². The van der Waals surface area contributed by atoms with Crippen LogP contribution < -0.4 is 5.32 Å². The second-order valence-corrected chi connectivity index (χ2v) is 7.33. The van der Waals surface area contributed by atoms with Gasteiger partial charge in [-0.25, -0.2) is 9.97 Å². The lowest BCUT2D eigenvalue weighted by Crippen LogP contribution is -2.38. The number of hydrogen-bond donors (Lipinski definition) is 1. The molecule has 0 amide bonds. The minimum atomic E-state index is 0.479. The number of likely N-dealkylation sites (tertiary alicyclic amines) is 1. The molecule has 0 bridgehead atoms. The minimum absolute atomic E-state index is 0.479. The first-order chi connectivity index (χ1) is 10.6. The maximum absolute atomic E-state index is 4.61. The molecule has 22 heavy (non-hydrogen) atoms. The molecule has 6 heteroatoms. The summed E-state index contributed by atoms with van der Waals surface area (Å²) in [5.41, 5.74) is 1.08. The van der Waals surface area contributed by atoms with Gasteiger partial charge < -0.3 is 10.2 Å². The lowest BCUT2D eigenvalue weighted by molar-refractivity contribution is 0.171. The van der Waals surface area contributed by atoms with Crippen LogP contribution in [0, 0.1) is 6.92 Å². The van der Waals surface area contributed by atoms with E-state index in [0.29, 0.717) is 12.0 Å². The molecule has 1 fully saturated rings. The van der Waals surface area contributed by atoms with Crippen molar-refractivity contribution in [3.63, 3.8) is 0 Å². The molecule has 0 atom stereocenters. The maximum Gasteiger partial charge on any atom is 0.188 e. The van der Waals surface area contributed by atoms with Crippen LogP contribution in [0.2, 0.25) is 0 Å². The lowest BCUT2D eigenvalue weighted by atomic mass is 9.92. The van der Waals surface area contributed by atoms with Crippen molar-refractivity contribution in [2.75, 3.05) is 18.4 Å². The van der Waals surface area contributed by atoms with Gasteiger partial charge in [0.1, 0.15) is 0 Å². The lowest BCUT2D eigenvalue weighted by Gasteiger charge is -2.34. The summed E-state index contributed by atoms with van der Waals surface area (Å²) in [6.07, 6.45) is 7.70. The third kappa shape index (κ3) is 3.44. The van der Waals surface area contributed by atoms with E-state index in [-0.39, 0.29) is 0 Å². The monoisotopic (exact) mass is 317 g/mol. The molecule has 3 rings (SSSR count). The third-order valence-corrected chi connectivity index (χ3v) is 5.05. The van der Waals surface area contributed by atoms with Crippen molar-refractivity contribution < 1.29 is 0 Å². The zero-order valence-electron chi connectivity index (χ0n) is 13.4. The highest BCUT2D eigenvalue weighted by Gasteiger charge is 2.25. The first-order valence-corrected chi connectivity index (χ1v) is 8.69. The highest BCUT2D eigenvalue weighted by molar-refractivity contribution is 7.15. The fraction of sp³-hybridized carbons (Fsp3) is 0.562. The van der Waals surface area contributed by atoms with Crippen LogP contribution in [0.15, 0.2) is 18.6 Å². The van der Waals surface area contributed by atoms with Crippen LogP contribution in [-0.4, -0.2) is 39.0 Å². The highest BCUT2D eigenvalue weighted by atomic mass is 32.1. The maximum atomic E-state index is 4.61. The first-order valence-electron chi connectivity index (χ1n) is 7.88. The number of nitrogens with zero attached hydrogens (tertiary/aromatic N) is 4. The number of piperidine rings is 1. The SMILES string of the molecule is Cc1cnc(Nc2nccnc2C2CCN(C(C)C)CC2)s1. The Labute approximate surface area is 135 Å². The van der Waals surface area contributed by atoms with Crippen molar-refractivity contribution in [3.8, 4) is 0 Å². The normalized spacial score (nSPS) is 17.1. The van der Waals surface area contributed by atoms with E-state index in [1.807, 2.05) is 6.20 Å². The molecule has 0 radical (unpaired) electrons. The zero-order valence-corrected chi connectivity index (χ0v) is 14.2. The molecule has 0 unspecified atom stereocenters. The molecule has 3 heterocycles. The van der Waals surface area contributed by atoms with E-state index >= 15 is 0 Å². The van der Waals surface area contributed by atoms with E-state index in [2.05, 4.69) is 45.9 Å². The third-order valence-electron chi connectivity index (χ3n) is 4.22. The largest absolute Gasteiger partial charge is 0.315 e. The van der Waals surface area contributed by atoms with Gasteiger partial charge in [0.25, 0.3) is 0 Å². The highest BCUT2D eigenvalue weighted by Crippen LogP contribution is 2.32. The van der Waals surface area contributed by atoms with Gasteiger partial charge in [0, 0.05) is 35.4 Å². The van der Waals surface area contributed by atoms with Gasteiger partial charge in [-0.05, 0) is 46.7 Å². The van der Waals surface area contributed by atoms with Crippen molar-refractivity contribution in [1.29, 1.82) is 0 Å². The second kappa shape index (κ2) is 6.71. The molecule has 118 valence electrons. The Kier molecular flexibility index (Phi) is 4.69. The summed E-state index contributed by atoms with van der Waals surface area (Å²) in [7, 11) is 0. The van der Waals surface area contributed by atoms with Gasteiger partial charge in [-0.2, -0.15) is 0 Å². The number of aromatic nitrogens is 3. The van der Waals surface area contributed by atoms with Crippen molar-refractivity contribution in [2.24, 2.45) is 0 Å². The molecule has 0 saturated carbocycles. The Bertz CT molecular complexity index is 617. The quantitative estimate of drug-likeness (QED) is 0.934. The van der Waals surface area contributed by atoms with Crippen LogP contribution in [0.4, 0.5) is 10.9 Å². The molecule has 1 aliphatic rings. The number of anilines is 2. The number of thiazole rings is 1. The standard InChI is InChI=1S/C16H23N5S/c1-11(2)21-8-4-13(5-9-21)14-15(18-7-6-17-14)20-16-19-10-12(3)22-16/h6-7,10-11,13H,4-5,8-9H2,1-3H3,(H,18,19,20). The van der Waals surface area contributed by atoms with Crippen molar-refractivity contribution >= 4 is 22.3 Å². The van der Waals surface area contributed by atoms with Gasteiger partial charge in [0.2, 0.25) is 0 Å². The van der Waals surface area contributed by atoms with Crippen molar-refractivity contribution in [1.82, 2.24) is 19.9 Å². The van der Waals surface area contributed by atoms with Crippen LogP contribution in [0.3, 0.4) is 0 Å². The van der Waals surface area contributed by atoms with Crippen LogP contribution in [-0.2, 0) is 0 Å². The van der Waals surface area contributed by atoms with Crippen molar-refractivity contribution in [2.45, 2.75) is 45.6 Å². The molecule has 0 aliphatic carbocycles. The predicted molar refractivity (Wildman–Crippen MR) is 90.8 cm³/mol. The Morgan fingerprint density at radius 3 is 2.55 bits per heavy atom. The summed E-state index contributed by atoms with van der Waals surface area (Å²) in [5.74, 6) is 1.34. The van der Waals surface area contributed by atoms with Crippen LogP contribution >= 0.6 is 11.3 Å². The number of aryl methyl sites for hydroxylation is 1. The molecule has 5 nitrogen and oxygen atoms in total. The summed E-state index contributed by atoms with van der Waals surface area (Å²) in [6, 6.07) is 0.624. The molecular formula is C16H23N5S. The summed E-state index contributed by atoms with van der Waals surface area (Å²) >= 11 is 1.64. The topological polar surface area (TPSA) is 53.9 Å². The Morgan fingerprint density at radius 1 is 1.18 bits per heavy atom. The molecular weight excluding hydrogens is 294 g/mol. The molecule has 2 aromatic rings. The molecule has 0 aromatic carbocycles. The number of nitrogens with one attached hydrogen (secondary N) is 1. The molecule has 0 spiro atoms. The molecule has 1 saturated heterocycles. The van der Waals surface area contributed by atoms with Gasteiger partial charge in [0.05, 0.1) is 5.69 Å². The van der Waals surface area contributed by atoms with Crippen LogP contribution in [0.1, 0.15) is 43.2 Å². The van der Waals surface area contributed by atoms with Gasteiger partial charge in [0.15, 0.2) is 10.9 Å². The fourth-order valence-corrected chi connectivity index (χ4v) is 3.61. The van der Waals surface area contributed by atoms with E-state index in [9.17, 15) is 0 Å². The van der Waals surface area contributed by atoms with Gasteiger partial charge >= 0.3 is 0 Å². The summed E-state index contributed by atoms with van der Waals surface area (Å²) in [5, 5.41) is 4.23. The minimum Gasteiger partial charge on any atom is -0.315 e. The predicted octanol–water partition coefficient (Wildman–Crippen LogP) is 3.57. The van der Waals surface area contributed by atoms with E-state index < -0.39 is 0 Å². The van der Waals surface area contributed by atoms with E-state index in [1.54, 1.807) is 23.7 Å². The summed E-state index contributed by atoms with van der Waals surface area (Å²) < 4.78 is 0. The first kappa shape index (κ1) is 15.4. The van der Waals surface area contributed by atoms with Gasteiger partial charge in [-0.3, -0.25) is 4.98 Å². The molecule has 2 aromatic heterocycles. The summed E-state index contributed by atoms with van der Waals surface area (Å²) in [4.78, 5) is 17.2. The summed E-state index contributed by atoms with van der Waals surface area (Å²) in [6.45, 7) is 8.85. The van der Waals surface area contributed by atoms with Crippen LogP contribution in [0.25, 0.3) is 0 Å². The second-order valence-electron chi connectivity index (χ2n) is 6.10. The fourth-order valence-electron chi connectivity index (χ4n) is 2.95. The Balaban J connectivity index is 1.74. The van der Waals surface area contributed by atoms with E-state index in [4.69, 9.17) is 0 Å². The smallest absolute Gasteiger partial charge is 0.188 e. The average molecular weight is 317 g/mol. The van der Waals surface area contributed by atoms with Crippen LogP contribution in [0.5, 0.6) is 0 Å². The number of rotatable bonds is 4. The Hall–Kier alpha value is -1.53. The molecule has 1 aliphatic heterocycles. The average Bonchev–Trinajstić information content (AvgIpc) is 2.93. The zero-order chi connectivity index (χ0) is 15.5.